The van der Waals surface area contributed by atoms with Gasteiger partial charge in [-0.15, -0.1) is 11.3 Å². The Kier molecular flexibility index (Phi) is 6.98. The topological polar surface area (TPSA) is 101 Å². The Morgan fingerprint density at radius 1 is 1.16 bits per heavy atom. The third-order valence-electron chi connectivity index (χ3n) is 6.26. The molecule has 0 unspecified atom stereocenters. The molecule has 0 aliphatic carbocycles. The number of aromatic nitrogens is 4. The van der Waals surface area contributed by atoms with E-state index in [2.05, 4.69) is 14.6 Å². The van der Waals surface area contributed by atoms with E-state index in [1.54, 1.807) is 30.3 Å². The zero-order valence-electron chi connectivity index (χ0n) is 20.0. The number of benzene rings is 2. The van der Waals surface area contributed by atoms with E-state index in [0.717, 1.165) is 46.5 Å². The normalized spacial score (nSPS) is 16.1. The first-order valence-corrected chi connectivity index (χ1v) is 14.1. The fourth-order valence-corrected chi connectivity index (χ4v) is 6.40. The minimum absolute atomic E-state index is 0.0215. The Balaban J connectivity index is 1.26. The summed E-state index contributed by atoms with van der Waals surface area (Å²) in [5.74, 6) is 0.543. The van der Waals surface area contributed by atoms with E-state index in [9.17, 15) is 10.1 Å². The van der Waals surface area contributed by atoms with E-state index in [-0.39, 0.29) is 11.7 Å². The number of hydrogen-bond donors (Lipinski definition) is 1. The molecule has 9 nitrogen and oxygen atoms in total. The molecule has 38 heavy (non-hydrogen) atoms. The molecule has 12 heteroatoms. The van der Waals surface area contributed by atoms with Crippen LogP contribution in [0.2, 0.25) is 5.02 Å². The Labute approximate surface area is 231 Å². The van der Waals surface area contributed by atoms with Crippen molar-refractivity contribution in [2.75, 3.05) is 18.4 Å². The Hall–Kier alpha value is -3.51. The van der Waals surface area contributed by atoms with Crippen molar-refractivity contribution in [3.63, 3.8) is 0 Å². The fraction of sp³-hybridized carbons (Fsp3) is 0.192. The maximum absolute atomic E-state index is 11.4. The number of fused-ring (bicyclic) bond motifs is 1. The molecule has 1 fully saturated rings. The SMILES string of the molecule is O=[N+]([O-])c1cccc(-c2nc3sccn3c2-c2ccnc(N[C@@H]3CCCN(Sc4ccc(Cl)cc4)C3)n2)c1. The van der Waals surface area contributed by atoms with Crippen LogP contribution in [0, 0.1) is 10.1 Å². The number of nitro benzene ring substituents is 1. The molecule has 192 valence electrons. The summed E-state index contributed by atoms with van der Waals surface area (Å²) < 4.78 is 4.32. The van der Waals surface area contributed by atoms with Gasteiger partial charge in [0.2, 0.25) is 5.95 Å². The maximum atomic E-state index is 11.4. The van der Waals surface area contributed by atoms with E-state index in [1.807, 2.05) is 52.4 Å². The zero-order chi connectivity index (χ0) is 26.1. The van der Waals surface area contributed by atoms with Crippen molar-refractivity contribution in [3.8, 4) is 22.6 Å². The quantitative estimate of drug-likeness (QED) is 0.133. The van der Waals surface area contributed by atoms with Gasteiger partial charge in [-0.3, -0.25) is 14.5 Å². The van der Waals surface area contributed by atoms with Crippen LogP contribution in [0.3, 0.4) is 0 Å². The number of imidazole rings is 1. The molecule has 0 radical (unpaired) electrons. The molecule has 0 saturated carbocycles. The fourth-order valence-electron chi connectivity index (χ4n) is 4.53. The van der Waals surface area contributed by atoms with Gasteiger partial charge < -0.3 is 5.32 Å². The van der Waals surface area contributed by atoms with Crippen molar-refractivity contribution < 1.29 is 4.92 Å². The largest absolute Gasteiger partial charge is 0.350 e. The van der Waals surface area contributed by atoms with Crippen LogP contribution in [0.25, 0.3) is 27.6 Å². The van der Waals surface area contributed by atoms with Gasteiger partial charge in [0.05, 0.1) is 10.6 Å². The van der Waals surface area contributed by atoms with Gasteiger partial charge in [-0.1, -0.05) is 23.7 Å². The minimum atomic E-state index is -0.396. The average molecular weight is 564 g/mol. The third kappa shape index (κ3) is 5.23. The van der Waals surface area contributed by atoms with Gasteiger partial charge in [-0.2, -0.15) is 0 Å². The highest BCUT2D eigenvalue weighted by Gasteiger charge is 2.23. The van der Waals surface area contributed by atoms with Crippen molar-refractivity contribution >= 4 is 51.5 Å². The van der Waals surface area contributed by atoms with E-state index in [1.165, 1.54) is 17.4 Å². The second-order valence-corrected chi connectivity index (χ2v) is 11.3. The summed E-state index contributed by atoms with van der Waals surface area (Å²) in [6, 6.07) is 16.5. The molecule has 1 saturated heterocycles. The molecule has 1 aliphatic heterocycles. The molecule has 3 aromatic heterocycles. The number of piperidine rings is 1. The number of rotatable bonds is 7. The highest BCUT2D eigenvalue weighted by Crippen LogP contribution is 2.35. The number of thiazole rings is 1. The molecule has 2 aromatic carbocycles. The first-order valence-electron chi connectivity index (χ1n) is 12.0. The van der Waals surface area contributed by atoms with Gasteiger partial charge in [0.15, 0.2) is 4.96 Å². The second-order valence-electron chi connectivity index (χ2n) is 8.85. The van der Waals surface area contributed by atoms with Crippen LogP contribution in [0.15, 0.2) is 77.3 Å². The number of hydrogen-bond acceptors (Lipinski definition) is 9. The van der Waals surface area contributed by atoms with Crippen molar-refractivity contribution in [2.45, 2.75) is 23.8 Å². The first kappa shape index (κ1) is 24.8. The molecule has 1 aliphatic rings. The zero-order valence-corrected chi connectivity index (χ0v) is 22.4. The Morgan fingerprint density at radius 2 is 2.03 bits per heavy atom. The van der Waals surface area contributed by atoms with Gasteiger partial charge in [-0.05, 0) is 55.1 Å². The lowest BCUT2D eigenvalue weighted by Crippen LogP contribution is -2.38. The van der Waals surface area contributed by atoms with Crippen molar-refractivity contribution in [1.29, 1.82) is 0 Å². The minimum Gasteiger partial charge on any atom is -0.350 e. The summed E-state index contributed by atoms with van der Waals surface area (Å²) in [4.78, 5) is 27.0. The molecule has 6 rings (SSSR count). The molecule has 0 amide bonds. The lowest BCUT2D eigenvalue weighted by Gasteiger charge is -2.32. The summed E-state index contributed by atoms with van der Waals surface area (Å²) in [6.07, 6.45) is 5.75. The van der Waals surface area contributed by atoms with E-state index in [4.69, 9.17) is 21.6 Å². The second kappa shape index (κ2) is 10.7. The highest BCUT2D eigenvalue weighted by atomic mass is 35.5. The van der Waals surface area contributed by atoms with Crippen LogP contribution in [0.5, 0.6) is 0 Å². The van der Waals surface area contributed by atoms with Crippen LogP contribution in [0.1, 0.15) is 12.8 Å². The predicted octanol–water partition coefficient (Wildman–Crippen LogP) is 6.67. The molecule has 0 bridgehead atoms. The average Bonchev–Trinajstić information content (AvgIpc) is 3.52. The third-order valence-corrected chi connectivity index (χ3v) is 8.34. The van der Waals surface area contributed by atoms with Crippen molar-refractivity contribution in [3.05, 3.63) is 87.5 Å². The molecule has 5 aromatic rings. The van der Waals surface area contributed by atoms with Crippen LogP contribution < -0.4 is 5.32 Å². The van der Waals surface area contributed by atoms with Gasteiger partial charge in [-0.25, -0.2) is 19.3 Å². The highest BCUT2D eigenvalue weighted by molar-refractivity contribution is 7.97. The summed E-state index contributed by atoms with van der Waals surface area (Å²) >= 11 is 9.26. The number of non-ortho nitro benzene ring substituents is 1. The summed E-state index contributed by atoms with van der Waals surface area (Å²) in [5.41, 5.74) is 2.80. The molecule has 1 atom stereocenters. The molecule has 4 heterocycles. The molecular formula is C26H22ClN7O2S2. The van der Waals surface area contributed by atoms with Gasteiger partial charge in [0.25, 0.3) is 5.69 Å². The molecular weight excluding hydrogens is 542 g/mol. The van der Waals surface area contributed by atoms with Crippen LogP contribution in [-0.4, -0.2) is 47.7 Å². The lowest BCUT2D eigenvalue weighted by molar-refractivity contribution is -0.384. The number of halogens is 1. The van der Waals surface area contributed by atoms with Gasteiger partial charge in [0.1, 0.15) is 11.4 Å². The Morgan fingerprint density at radius 3 is 2.87 bits per heavy atom. The van der Waals surface area contributed by atoms with Crippen LogP contribution >= 0.6 is 34.9 Å². The monoisotopic (exact) mass is 563 g/mol. The summed E-state index contributed by atoms with van der Waals surface area (Å²) in [5, 5.41) is 17.6. The standard InChI is InChI=1S/C26H22ClN7O2S2/c27-18-6-8-21(9-7-18)38-32-12-2-4-19(16-32)29-25-28-11-10-22(30-25)24-23(31-26-33(24)13-14-37-26)17-3-1-5-20(15-17)34(35)36/h1,3,5-11,13-15,19H,2,4,12,16H2,(H,28,29,30)/t19-/m1/s1. The van der Waals surface area contributed by atoms with Gasteiger partial charge in [0, 0.05) is 64.5 Å². The van der Waals surface area contributed by atoms with Crippen LogP contribution in [0.4, 0.5) is 11.6 Å². The lowest BCUT2D eigenvalue weighted by atomic mass is 10.1. The maximum Gasteiger partial charge on any atom is 0.270 e. The summed E-state index contributed by atoms with van der Waals surface area (Å²) in [6.45, 7) is 1.85. The van der Waals surface area contributed by atoms with Crippen LogP contribution in [-0.2, 0) is 0 Å². The first-order chi connectivity index (χ1) is 18.5. The van der Waals surface area contributed by atoms with Gasteiger partial charge >= 0.3 is 0 Å². The molecule has 1 N–H and O–H groups in total. The predicted molar refractivity (Wildman–Crippen MR) is 152 cm³/mol. The van der Waals surface area contributed by atoms with Crippen molar-refractivity contribution in [1.82, 2.24) is 23.7 Å². The smallest absolute Gasteiger partial charge is 0.270 e. The number of anilines is 1. The Bertz CT molecular complexity index is 1610. The number of nitrogens with one attached hydrogen (secondary N) is 1. The number of nitro groups is 1. The van der Waals surface area contributed by atoms with Crippen molar-refractivity contribution in [2.24, 2.45) is 0 Å². The van der Waals surface area contributed by atoms with E-state index >= 15 is 0 Å². The number of nitrogens with zero attached hydrogens (tertiary/aromatic N) is 6. The molecule has 0 spiro atoms. The van der Waals surface area contributed by atoms with E-state index in [0.29, 0.717) is 22.9 Å². The summed E-state index contributed by atoms with van der Waals surface area (Å²) in [7, 11) is 0. The van der Waals surface area contributed by atoms with E-state index < -0.39 is 4.92 Å².